The van der Waals surface area contributed by atoms with Gasteiger partial charge in [0.1, 0.15) is 11.6 Å². The molecule has 5 nitrogen and oxygen atoms in total. The second-order valence-electron chi connectivity index (χ2n) is 6.58. The number of aliphatic imine (C=N–C) groups is 1. The maximum absolute atomic E-state index is 14.5. The zero-order valence-corrected chi connectivity index (χ0v) is 16.0. The van der Waals surface area contributed by atoms with E-state index in [1.165, 1.54) is 6.07 Å². The van der Waals surface area contributed by atoms with Crippen molar-refractivity contribution in [3.05, 3.63) is 65.2 Å². The third-order valence-corrected chi connectivity index (χ3v) is 4.69. The van der Waals surface area contributed by atoms with E-state index in [2.05, 4.69) is 15.6 Å². The molecule has 1 saturated heterocycles. The fourth-order valence-electron chi connectivity index (χ4n) is 3.14. The van der Waals surface area contributed by atoms with Crippen molar-refractivity contribution < 1.29 is 13.5 Å². The predicted octanol–water partition coefficient (Wildman–Crippen LogP) is 2.71. The Labute approximate surface area is 164 Å². The average Bonchev–Trinajstić information content (AvgIpc) is 2.72. The Hall–Kier alpha value is -2.67. The fraction of sp³-hybridized carbons (Fsp3) is 0.381. The second kappa shape index (κ2) is 10.0. The summed E-state index contributed by atoms with van der Waals surface area (Å²) in [6, 6.07) is 12.0. The van der Waals surface area contributed by atoms with Crippen LogP contribution in [0.25, 0.3) is 0 Å². The van der Waals surface area contributed by atoms with E-state index in [4.69, 9.17) is 4.74 Å². The van der Waals surface area contributed by atoms with Gasteiger partial charge in [-0.3, -0.25) is 4.99 Å². The Morgan fingerprint density at radius 2 is 1.86 bits per heavy atom. The third kappa shape index (κ3) is 5.42. The minimum absolute atomic E-state index is 0.205. The largest absolute Gasteiger partial charge is 0.378 e. The van der Waals surface area contributed by atoms with Gasteiger partial charge in [0.15, 0.2) is 5.96 Å². The summed E-state index contributed by atoms with van der Waals surface area (Å²) in [5, 5.41) is 6.31. The summed E-state index contributed by atoms with van der Waals surface area (Å²) in [5.41, 5.74) is 2.09. The van der Waals surface area contributed by atoms with Gasteiger partial charge in [-0.2, -0.15) is 0 Å². The molecule has 0 radical (unpaired) electrons. The smallest absolute Gasteiger partial charge is 0.191 e. The van der Waals surface area contributed by atoms with Crippen molar-refractivity contribution in [2.45, 2.75) is 13.0 Å². The van der Waals surface area contributed by atoms with Crippen LogP contribution in [0.5, 0.6) is 0 Å². The van der Waals surface area contributed by atoms with Gasteiger partial charge in [0.2, 0.25) is 0 Å². The van der Waals surface area contributed by atoms with Crippen LogP contribution >= 0.6 is 0 Å². The van der Waals surface area contributed by atoms with Gasteiger partial charge in [0.25, 0.3) is 0 Å². The van der Waals surface area contributed by atoms with E-state index in [1.807, 2.05) is 23.1 Å². The Balaban J connectivity index is 1.49. The Bertz CT molecular complexity index is 807. The number of halogens is 2. The van der Waals surface area contributed by atoms with Crippen molar-refractivity contribution in [3.63, 3.8) is 0 Å². The summed E-state index contributed by atoms with van der Waals surface area (Å²) in [7, 11) is 1.67. The topological polar surface area (TPSA) is 48.9 Å². The highest BCUT2D eigenvalue weighted by Crippen LogP contribution is 2.21. The van der Waals surface area contributed by atoms with E-state index in [0.29, 0.717) is 63.0 Å². The highest BCUT2D eigenvalue weighted by atomic mass is 19.1. The number of hydrogen-bond donors (Lipinski definition) is 2. The zero-order chi connectivity index (χ0) is 19.8. The SMILES string of the molecule is CN=C(NCCc1ccccc1F)NCc1ccc(N2CCOCC2)c(F)c1. The quantitative estimate of drug-likeness (QED) is 0.590. The number of morpholine rings is 1. The highest BCUT2D eigenvalue weighted by Gasteiger charge is 2.15. The molecule has 2 N–H and O–H groups in total. The van der Waals surface area contributed by atoms with Crippen molar-refractivity contribution in [2.24, 2.45) is 4.99 Å². The van der Waals surface area contributed by atoms with Crippen LogP contribution in [0.2, 0.25) is 0 Å². The molecule has 0 spiro atoms. The highest BCUT2D eigenvalue weighted by molar-refractivity contribution is 5.79. The maximum atomic E-state index is 14.5. The van der Waals surface area contributed by atoms with Gasteiger partial charge in [-0.25, -0.2) is 8.78 Å². The van der Waals surface area contributed by atoms with E-state index in [-0.39, 0.29) is 11.6 Å². The molecule has 0 unspecified atom stereocenters. The van der Waals surface area contributed by atoms with Gasteiger partial charge in [-0.05, 0) is 35.7 Å². The molecule has 0 aromatic heterocycles. The summed E-state index contributed by atoms with van der Waals surface area (Å²) >= 11 is 0. The van der Waals surface area contributed by atoms with Gasteiger partial charge in [-0.1, -0.05) is 24.3 Å². The number of rotatable bonds is 6. The third-order valence-electron chi connectivity index (χ3n) is 4.69. The lowest BCUT2D eigenvalue weighted by molar-refractivity contribution is 0.122. The Morgan fingerprint density at radius 3 is 2.57 bits per heavy atom. The lowest BCUT2D eigenvalue weighted by Gasteiger charge is -2.29. The van der Waals surface area contributed by atoms with Crippen LogP contribution in [0.3, 0.4) is 0 Å². The van der Waals surface area contributed by atoms with Crippen molar-refractivity contribution in [1.82, 2.24) is 10.6 Å². The summed E-state index contributed by atoms with van der Waals surface area (Å²) < 4.78 is 33.4. The minimum atomic E-state index is -0.233. The van der Waals surface area contributed by atoms with Gasteiger partial charge in [0.05, 0.1) is 18.9 Å². The normalized spacial score (nSPS) is 14.8. The molecule has 0 saturated carbocycles. The Morgan fingerprint density at radius 1 is 1.07 bits per heavy atom. The van der Waals surface area contributed by atoms with Crippen molar-refractivity contribution in [1.29, 1.82) is 0 Å². The molecular formula is C21H26F2N4O. The van der Waals surface area contributed by atoms with Gasteiger partial charge >= 0.3 is 0 Å². The van der Waals surface area contributed by atoms with Crippen LogP contribution in [-0.4, -0.2) is 45.9 Å². The molecule has 2 aromatic carbocycles. The molecule has 2 aromatic rings. The zero-order valence-electron chi connectivity index (χ0n) is 16.0. The van der Waals surface area contributed by atoms with Crippen LogP contribution in [0.4, 0.5) is 14.5 Å². The summed E-state index contributed by atoms with van der Waals surface area (Å²) in [4.78, 5) is 6.15. The molecule has 28 heavy (non-hydrogen) atoms. The van der Waals surface area contributed by atoms with Gasteiger partial charge in [-0.15, -0.1) is 0 Å². The van der Waals surface area contributed by atoms with Crippen molar-refractivity contribution in [3.8, 4) is 0 Å². The van der Waals surface area contributed by atoms with Crippen LogP contribution in [0.1, 0.15) is 11.1 Å². The first kappa shape index (κ1) is 20.1. The molecule has 3 rings (SSSR count). The molecule has 1 aliphatic rings. The summed E-state index contributed by atoms with van der Waals surface area (Å²) in [5.74, 6) is 0.154. The second-order valence-corrected chi connectivity index (χ2v) is 6.58. The molecule has 0 aliphatic carbocycles. The van der Waals surface area contributed by atoms with Crippen molar-refractivity contribution in [2.75, 3.05) is 44.8 Å². The molecule has 1 aliphatic heterocycles. The van der Waals surface area contributed by atoms with Gasteiger partial charge in [0, 0.05) is 33.2 Å². The van der Waals surface area contributed by atoms with Crippen LogP contribution in [0.15, 0.2) is 47.5 Å². The number of hydrogen-bond acceptors (Lipinski definition) is 3. The average molecular weight is 388 g/mol. The maximum Gasteiger partial charge on any atom is 0.191 e. The predicted molar refractivity (Wildman–Crippen MR) is 108 cm³/mol. The number of nitrogens with zero attached hydrogens (tertiary/aromatic N) is 2. The van der Waals surface area contributed by atoms with E-state index in [1.54, 1.807) is 25.2 Å². The van der Waals surface area contributed by atoms with E-state index in [0.717, 1.165) is 5.56 Å². The lowest BCUT2D eigenvalue weighted by atomic mass is 10.1. The number of guanidine groups is 1. The van der Waals surface area contributed by atoms with Crippen LogP contribution < -0.4 is 15.5 Å². The fourth-order valence-corrected chi connectivity index (χ4v) is 3.14. The number of ether oxygens (including phenoxy) is 1. The first-order valence-corrected chi connectivity index (χ1v) is 9.46. The summed E-state index contributed by atoms with van der Waals surface area (Å²) in [6.45, 7) is 3.64. The number of anilines is 1. The molecular weight excluding hydrogens is 362 g/mol. The molecule has 0 atom stereocenters. The van der Waals surface area contributed by atoms with Crippen LogP contribution in [0, 0.1) is 11.6 Å². The molecule has 0 amide bonds. The van der Waals surface area contributed by atoms with E-state index < -0.39 is 0 Å². The molecule has 0 bridgehead atoms. The van der Waals surface area contributed by atoms with E-state index >= 15 is 0 Å². The molecule has 7 heteroatoms. The molecule has 1 heterocycles. The molecule has 1 fully saturated rings. The minimum Gasteiger partial charge on any atom is -0.378 e. The summed E-state index contributed by atoms with van der Waals surface area (Å²) in [6.07, 6.45) is 0.552. The van der Waals surface area contributed by atoms with Crippen molar-refractivity contribution >= 4 is 11.6 Å². The first-order valence-electron chi connectivity index (χ1n) is 9.46. The standard InChI is InChI=1S/C21H26F2N4O/c1-24-21(25-9-8-17-4-2-3-5-18(17)22)26-15-16-6-7-20(19(23)14-16)27-10-12-28-13-11-27/h2-7,14H,8-13,15H2,1H3,(H2,24,25,26). The first-order chi connectivity index (χ1) is 13.7. The lowest BCUT2D eigenvalue weighted by Crippen LogP contribution is -2.38. The number of nitrogens with one attached hydrogen (secondary N) is 2. The van der Waals surface area contributed by atoms with Crippen LogP contribution in [-0.2, 0) is 17.7 Å². The Kier molecular flexibility index (Phi) is 7.19. The van der Waals surface area contributed by atoms with E-state index in [9.17, 15) is 8.78 Å². The molecule has 150 valence electrons. The van der Waals surface area contributed by atoms with Gasteiger partial charge < -0.3 is 20.3 Å². The monoisotopic (exact) mass is 388 g/mol. The number of benzene rings is 2.